The summed E-state index contributed by atoms with van der Waals surface area (Å²) in [6.45, 7) is 1.39. The Labute approximate surface area is 121 Å². The summed E-state index contributed by atoms with van der Waals surface area (Å²) < 4.78 is 45.4. The summed E-state index contributed by atoms with van der Waals surface area (Å²) in [6, 6.07) is 1.33. The minimum atomic E-state index is -3.93. The number of nitrogens with zero attached hydrogens (tertiary/aromatic N) is 1. The number of nitro benzene ring substituents is 1. The van der Waals surface area contributed by atoms with Gasteiger partial charge in [-0.25, -0.2) is 13.1 Å². The Morgan fingerprint density at radius 3 is 2.57 bits per heavy atom. The molecule has 9 heteroatoms. The number of hydrogen-bond acceptors (Lipinski definition) is 5. The number of nitrogens with one attached hydrogen (secondary N) is 1. The summed E-state index contributed by atoms with van der Waals surface area (Å²) in [6.07, 6.45) is 1.09. The fraction of sp³-hybridized carbons (Fsp3) is 0.500. The zero-order chi connectivity index (χ0) is 15.8. The molecule has 0 spiro atoms. The van der Waals surface area contributed by atoms with Crippen LogP contribution in [-0.2, 0) is 14.8 Å². The van der Waals surface area contributed by atoms with Gasteiger partial charge in [0.2, 0.25) is 15.8 Å². The van der Waals surface area contributed by atoms with Crippen LogP contribution in [0.2, 0.25) is 0 Å². The number of aryl methyl sites for hydroxylation is 1. The number of ether oxygens (including phenoxy) is 1. The Balaban J connectivity index is 2.28. The van der Waals surface area contributed by atoms with E-state index >= 15 is 0 Å². The monoisotopic (exact) mass is 318 g/mol. The van der Waals surface area contributed by atoms with Crippen molar-refractivity contribution in [3.8, 4) is 0 Å². The van der Waals surface area contributed by atoms with E-state index in [1.54, 1.807) is 7.11 Å². The second-order valence-electron chi connectivity index (χ2n) is 4.97. The number of hydrogen-bond donors (Lipinski definition) is 1. The predicted molar refractivity (Wildman–Crippen MR) is 71.9 cm³/mol. The number of sulfonamides is 1. The number of benzene rings is 1. The van der Waals surface area contributed by atoms with Crippen LogP contribution in [0.5, 0.6) is 0 Å². The maximum atomic E-state index is 13.4. The van der Waals surface area contributed by atoms with Crippen LogP contribution >= 0.6 is 0 Å². The summed E-state index contributed by atoms with van der Waals surface area (Å²) in [5.41, 5.74) is -0.738. The molecule has 1 fully saturated rings. The fourth-order valence-corrected chi connectivity index (χ4v) is 3.72. The van der Waals surface area contributed by atoms with Crippen LogP contribution in [0.25, 0.3) is 0 Å². The molecule has 0 unspecified atom stereocenters. The summed E-state index contributed by atoms with van der Waals surface area (Å²) in [7, 11) is -2.39. The molecule has 0 atom stereocenters. The number of rotatable bonds is 5. The zero-order valence-electron chi connectivity index (χ0n) is 11.5. The van der Waals surface area contributed by atoms with Gasteiger partial charge in [0.15, 0.2) is 0 Å². The van der Waals surface area contributed by atoms with Crippen molar-refractivity contribution in [3.05, 3.63) is 33.6 Å². The molecule has 21 heavy (non-hydrogen) atoms. The predicted octanol–water partition coefficient (Wildman–Crippen LogP) is 1.50. The fourth-order valence-electron chi connectivity index (χ4n) is 2.21. The molecule has 0 radical (unpaired) electrons. The van der Waals surface area contributed by atoms with Gasteiger partial charge in [0.25, 0.3) is 0 Å². The lowest BCUT2D eigenvalue weighted by Crippen LogP contribution is -2.47. The maximum absolute atomic E-state index is 13.4. The number of halogens is 1. The normalized spacial score (nSPS) is 21.9. The molecule has 1 aromatic carbocycles. The standard InChI is InChI=1S/C12H15FN2O5S/c1-7-3-10(13)11(15(16)17)6-12(7)21(18,19)14-8-4-9(5-8)20-2/h3,6,8-9,14H,4-5H2,1-2H3. The van der Waals surface area contributed by atoms with Gasteiger partial charge in [0.05, 0.1) is 15.9 Å². The molecule has 1 aliphatic rings. The van der Waals surface area contributed by atoms with E-state index in [0.717, 1.165) is 12.1 Å². The van der Waals surface area contributed by atoms with Gasteiger partial charge in [0, 0.05) is 19.2 Å². The van der Waals surface area contributed by atoms with Crippen molar-refractivity contribution in [3.63, 3.8) is 0 Å². The van der Waals surface area contributed by atoms with Gasteiger partial charge in [-0.1, -0.05) is 0 Å². The van der Waals surface area contributed by atoms with Crippen molar-refractivity contribution in [2.45, 2.75) is 36.8 Å². The average molecular weight is 318 g/mol. The van der Waals surface area contributed by atoms with Crippen molar-refractivity contribution >= 4 is 15.7 Å². The van der Waals surface area contributed by atoms with Crippen LogP contribution < -0.4 is 4.72 Å². The molecule has 0 bridgehead atoms. The highest BCUT2D eigenvalue weighted by Crippen LogP contribution is 2.28. The first-order valence-corrected chi connectivity index (χ1v) is 7.72. The molecule has 0 heterocycles. The third-order valence-corrected chi connectivity index (χ3v) is 5.14. The highest BCUT2D eigenvalue weighted by molar-refractivity contribution is 7.89. The average Bonchev–Trinajstić information content (AvgIpc) is 2.32. The van der Waals surface area contributed by atoms with E-state index in [-0.39, 0.29) is 22.6 Å². The Hall–Kier alpha value is -1.58. The van der Waals surface area contributed by atoms with Crippen LogP contribution in [0.15, 0.2) is 17.0 Å². The van der Waals surface area contributed by atoms with Gasteiger partial charge in [-0.05, 0) is 31.4 Å². The van der Waals surface area contributed by atoms with E-state index in [4.69, 9.17) is 4.74 Å². The molecule has 7 nitrogen and oxygen atoms in total. The third kappa shape index (κ3) is 3.20. The molecule has 0 saturated heterocycles. The molecule has 0 aliphatic heterocycles. The number of nitro groups is 1. The van der Waals surface area contributed by atoms with E-state index in [0.29, 0.717) is 12.8 Å². The molecule has 1 saturated carbocycles. The second-order valence-corrected chi connectivity index (χ2v) is 6.66. The first-order chi connectivity index (χ1) is 9.74. The summed E-state index contributed by atoms with van der Waals surface area (Å²) in [5, 5.41) is 10.7. The smallest absolute Gasteiger partial charge is 0.306 e. The van der Waals surface area contributed by atoms with Crippen LogP contribution in [0.3, 0.4) is 0 Å². The van der Waals surface area contributed by atoms with Crippen LogP contribution in [-0.4, -0.2) is 32.6 Å². The van der Waals surface area contributed by atoms with E-state index in [1.807, 2.05) is 0 Å². The van der Waals surface area contributed by atoms with Crippen molar-refractivity contribution in [1.29, 1.82) is 0 Å². The molecule has 2 rings (SSSR count). The first kappa shape index (κ1) is 15.8. The van der Waals surface area contributed by atoms with E-state index in [9.17, 15) is 22.9 Å². The molecule has 0 amide bonds. The summed E-state index contributed by atoms with van der Waals surface area (Å²) in [4.78, 5) is 9.49. The van der Waals surface area contributed by atoms with E-state index < -0.39 is 26.5 Å². The maximum Gasteiger partial charge on any atom is 0.306 e. The lowest BCUT2D eigenvalue weighted by Gasteiger charge is -2.34. The van der Waals surface area contributed by atoms with Gasteiger partial charge >= 0.3 is 5.69 Å². The van der Waals surface area contributed by atoms with Gasteiger partial charge in [0.1, 0.15) is 0 Å². The van der Waals surface area contributed by atoms with Crippen LogP contribution in [0.4, 0.5) is 10.1 Å². The van der Waals surface area contributed by atoms with Crippen molar-refractivity contribution < 1.29 is 22.5 Å². The van der Waals surface area contributed by atoms with Crippen molar-refractivity contribution in [2.24, 2.45) is 0 Å². The van der Waals surface area contributed by atoms with Crippen LogP contribution in [0.1, 0.15) is 18.4 Å². The largest absolute Gasteiger partial charge is 0.381 e. The van der Waals surface area contributed by atoms with Gasteiger partial charge in [-0.2, -0.15) is 4.39 Å². The van der Waals surface area contributed by atoms with Gasteiger partial charge < -0.3 is 4.74 Å². The molecule has 116 valence electrons. The molecule has 0 aromatic heterocycles. The Kier molecular flexibility index (Phi) is 4.26. The van der Waals surface area contributed by atoms with Crippen LogP contribution in [0, 0.1) is 22.9 Å². The highest BCUT2D eigenvalue weighted by atomic mass is 32.2. The first-order valence-electron chi connectivity index (χ1n) is 6.24. The lowest BCUT2D eigenvalue weighted by molar-refractivity contribution is -0.387. The second kappa shape index (κ2) is 5.66. The lowest BCUT2D eigenvalue weighted by atomic mass is 9.90. The third-order valence-electron chi connectivity index (χ3n) is 3.48. The SMILES string of the molecule is COC1CC(NS(=O)(=O)c2cc([N+](=O)[O-])c(F)cc2C)C1. The quantitative estimate of drug-likeness (QED) is 0.655. The van der Waals surface area contributed by atoms with E-state index in [1.165, 1.54) is 6.92 Å². The number of methoxy groups -OCH3 is 1. The minimum Gasteiger partial charge on any atom is -0.381 e. The molecule has 1 aromatic rings. The molecule has 1 N–H and O–H groups in total. The Bertz CT molecular complexity index is 670. The Morgan fingerprint density at radius 2 is 2.05 bits per heavy atom. The topological polar surface area (TPSA) is 98.5 Å². The summed E-state index contributed by atoms with van der Waals surface area (Å²) in [5.74, 6) is -1.06. The summed E-state index contributed by atoms with van der Waals surface area (Å²) >= 11 is 0. The zero-order valence-corrected chi connectivity index (χ0v) is 12.3. The van der Waals surface area contributed by atoms with E-state index in [2.05, 4.69) is 4.72 Å². The molecular weight excluding hydrogens is 303 g/mol. The van der Waals surface area contributed by atoms with Gasteiger partial charge in [-0.15, -0.1) is 0 Å². The molecular formula is C12H15FN2O5S. The highest BCUT2D eigenvalue weighted by Gasteiger charge is 2.34. The van der Waals surface area contributed by atoms with Crippen molar-refractivity contribution in [2.75, 3.05) is 7.11 Å². The van der Waals surface area contributed by atoms with Gasteiger partial charge in [-0.3, -0.25) is 10.1 Å². The van der Waals surface area contributed by atoms with Crippen molar-refractivity contribution in [1.82, 2.24) is 4.72 Å². The minimum absolute atomic E-state index is 0.0151. The molecule has 1 aliphatic carbocycles. The Morgan fingerprint density at radius 1 is 1.43 bits per heavy atom.